The lowest BCUT2D eigenvalue weighted by Crippen LogP contribution is -2.37. The van der Waals surface area contributed by atoms with E-state index in [9.17, 15) is 14.4 Å². The van der Waals surface area contributed by atoms with Crippen molar-refractivity contribution >= 4 is 61.0 Å². The number of aryl methyl sites for hydroxylation is 2. The van der Waals surface area contributed by atoms with Gasteiger partial charge in [-0.05, 0) is 54.4 Å². The second-order valence-electron chi connectivity index (χ2n) is 9.15. The molecular formula is C26H26Br2N2O3. The lowest BCUT2D eigenvalue weighted by molar-refractivity contribution is -0.123. The summed E-state index contributed by atoms with van der Waals surface area (Å²) in [6.45, 7) is 4.11. The third-order valence-electron chi connectivity index (χ3n) is 7.61. The molecule has 2 aromatic rings. The third-order valence-corrected chi connectivity index (χ3v) is 10.8. The predicted molar refractivity (Wildman–Crippen MR) is 136 cm³/mol. The van der Waals surface area contributed by atoms with Crippen LogP contribution in [0.25, 0.3) is 0 Å². The van der Waals surface area contributed by atoms with Crippen LogP contribution in [0.1, 0.15) is 41.8 Å². The Morgan fingerprint density at radius 1 is 0.909 bits per heavy atom. The van der Waals surface area contributed by atoms with Gasteiger partial charge in [-0.1, -0.05) is 76.0 Å². The van der Waals surface area contributed by atoms with Crippen LogP contribution in [0.4, 0.5) is 11.4 Å². The molecule has 2 aromatic carbocycles. The molecule has 0 spiro atoms. The van der Waals surface area contributed by atoms with Gasteiger partial charge in [0.15, 0.2) is 0 Å². The van der Waals surface area contributed by atoms with Crippen molar-refractivity contribution in [1.29, 1.82) is 0 Å². The summed E-state index contributed by atoms with van der Waals surface area (Å²) in [6, 6.07) is 13.0. The summed E-state index contributed by atoms with van der Waals surface area (Å²) in [5, 5.41) is 3.08. The van der Waals surface area contributed by atoms with Gasteiger partial charge >= 0.3 is 0 Å². The largest absolute Gasteiger partial charge is 0.321 e. The number of para-hydroxylation sites is 2. The van der Waals surface area contributed by atoms with Gasteiger partial charge in [-0.3, -0.25) is 14.4 Å². The molecule has 172 valence electrons. The number of rotatable bonds is 5. The van der Waals surface area contributed by atoms with E-state index < -0.39 is 0 Å². The zero-order valence-corrected chi connectivity index (χ0v) is 21.7. The molecule has 3 fully saturated rings. The Kier molecular flexibility index (Phi) is 5.98. The summed E-state index contributed by atoms with van der Waals surface area (Å²) in [7, 11) is 0. The average Bonchev–Trinajstić information content (AvgIpc) is 3.44. The highest BCUT2D eigenvalue weighted by molar-refractivity contribution is 9.12. The van der Waals surface area contributed by atoms with E-state index >= 15 is 0 Å². The maximum atomic E-state index is 13.5. The molecule has 0 radical (unpaired) electrons. The fourth-order valence-corrected chi connectivity index (χ4v) is 7.90. The Morgan fingerprint density at radius 3 is 2.00 bits per heavy atom. The number of carbonyl (C=O) groups is 3. The van der Waals surface area contributed by atoms with Crippen molar-refractivity contribution in [2.24, 2.45) is 23.7 Å². The number of amides is 3. The summed E-state index contributed by atoms with van der Waals surface area (Å²) < 4.78 is 0. The van der Waals surface area contributed by atoms with Gasteiger partial charge in [-0.25, -0.2) is 4.90 Å². The van der Waals surface area contributed by atoms with Gasteiger partial charge in [0, 0.05) is 15.3 Å². The van der Waals surface area contributed by atoms with Gasteiger partial charge < -0.3 is 5.32 Å². The lowest BCUT2D eigenvalue weighted by Gasteiger charge is -2.28. The number of hydrogen-bond acceptors (Lipinski definition) is 3. The average molecular weight is 574 g/mol. The predicted octanol–water partition coefficient (Wildman–Crippen LogP) is 5.35. The van der Waals surface area contributed by atoms with E-state index in [1.54, 1.807) is 24.3 Å². The monoisotopic (exact) mass is 572 g/mol. The van der Waals surface area contributed by atoms with Gasteiger partial charge in [0.25, 0.3) is 5.91 Å². The highest BCUT2D eigenvalue weighted by atomic mass is 79.9. The van der Waals surface area contributed by atoms with Gasteiger partial charge in [0.1, 0.15) is 0 Å². The molecule has 0 aromatic heterocycles. The summed E-state index contributed by atoms with van der Waals surface area (Å²) in [5.74, 6) is -1.02. The van der Waals surface area contributed by atoms with Crippen LogP contribution in [-0.4, -0.2) is 27.4 Å². The summed E-state index contributed by atoms with van der Waals surface area (Å²) in [6.07, 6.45) is 2.46. The van der Waals surface area contributed by atoms with Gasteiger partial charge in [-0.15, -0.1) is 0 Å². The highest BCUT2D eigenvalue weighted by Crippen LogP contribution is 2.60. The van der Waals surface area contributed by atoms with E-state index in [0.29, 0.717) is 11.3 Å². The zero-order valence-electron chi connectivity index (χ0n) is 18.6. The molecule has 1 saturated heterocycles. The Labute approximate surface area is 210 Å². The van der Waals surface area contributed by atoms with Crippen LogP contribution >= 0.6 is 31.9 Å². The van der Waals surface area contributed by atoms with Crippen molar-refractivity contribution in [3.05, 3.63) is 59.2 Å². The first-order chi connectivity index (χ1) is 15.9. The first kappa shape index (κ1) is 22.8. The Hall–Kier alpha value is -1.99. The van der Waals surface area contributed by atoms with Gasteiger partial charge in [0.05, 0.1) is 23.1 Å². The zero-order chi connectivity index (χ0) is 23.4. The minimum atomic E-state index is -0.315. The van der Waals surface area contributed by atoms with Crippen LogP contribution < -0.4 is 10.2 Å². The first-order valence-corrected chi connectivity index (χ1v) is 13.4. The smallest absolute Gasteiger partial charge is 0.257 e. The standard InChI is InChI=1S/C26H26Br2N2O3/c1-3-13-8-7-9-14(4-2)23(13)29-24(31)15-10-5-6-11-18(15)30-25(32)19-16-12-17(20(19)26(30)33)22(28)21(16)27/h5-11,16-17,19-22H,3-4,12H2,1-2H3,(H,29,31)/t16-,17-,19-,20+,21-,22+/m1/s1. The highest BCUT2D eigenvalue weighted by Gasteiger charge is 2.66. The second-order valence-corrected chi connectivity index (χ2v) is 11.3. The van der Waals surface area contributed by atoms with Crippen molar-refractivity contribution < 1.29 is 14.4 Å². The molecule has 3 aliphatic rings. The number of nitrogens with one attached hydrogen (secondary N) is 1. The van der Waals surface area contributed by atoms with E-state index in [1.807, 2.05) is 18.2 Å². The molecule has 2 saturated carbocycles. The number of alkyl halides is 2. The van der Waals surface area contributed by atoms with Crippen LogP contribution in [0.3, 0.4) is 0 Å². The molecule has 7 heteroatoms. The lowest BCUT2D eigenvalue weighted by atomic mass is 9.81. The maximum absolute atomic E-state index is 13.5. The third kappa shape index (κ3) is 3.42. The number of carbonyl (C=O) groups excluding carboxylic acids is 3. The number of halogens is 2. The minimum absolute atomic E-state index is 0.135. The van der Waals surface area contributed by atoms with Crippen LogP contribution in [0.15, 0.2) is 42.5 Å². The Balaban J connectivity index is 1.49. The number of fused-ring (bicyclic) bond motifs is 5. The fraction of sp³-hybridized carbons (Fsp3) is 0.423. The van der Waals surface area contributed by atoms with Crippen LogP contribution in [0.5, 0.6) is 0 Å². The second kappa shape index (κ2) is 8.66. The summed E-state index contributed by atoms with van der Waals surface area (Å²) in [5.41, 5.74) is 3.66. The van der Waals surface area contributed by atoms with Gasteiger partial charge in [-0.2, -0.15) is 0 Å². The van der Waals surface area contributed by atoms with Crippen molar-refractivity contribution in [3.63, 3.8) is 0 Å². The summed E-state index contributed by atoms with van der Waals surface area (Å²) >= 11 is 7.46. The maximum Gasteiger partial charge on any atom is 0.257 e. The number of imide groups is 1. The molecule has 1 N–H and O–H groups in total. The van der Waals surface area contributed by atoms with Crippen LogP contribution in [-0.2, 0) is 22.4 Å². The normalized spacial score (nSPS) is 30.1. The van der Waals surface area contributed by atoms with Crippen molar-refractivity contribution in [2.75, 3.05) is 10.2 Å². The number of benzene rings is 2. The van der Waals surface area contributed by atoms with E-state index in [2.05, 4.69) is 51.0 Å². The molecular weight excluding hydrogens is 548 g/mol. The molecule has 3 amide bonds. The van der Waals surface area contributed by atoms with Crippen molar-refractivity contribution in [2.45, 2.75) is 42.8 Å². The first-order valence-electron chi connectivity index (χ1n) is 11.6. The number of hydrogen-bond donors (Lipinski definition) is 1. The molecule has 0 unspecified atom stereocenters. The Bertz CT molecular complexity index is 1100. The quantitative estimate of drug-likeness (QED) is 0.387. The van der Waals surface area contributed by atoms with E-state index in [0.717, 1.165) is 36.1 Å². The number of anilines is 2. The molecule has 6 atom stereocenters. The molecule has 2 bridgehead atoms. The van der Waals surface area contributed by atoms with Crippen molar-refractivity contribution in [3.8, 4) is 0 Å². The van der Waals surface area contributed by atoms with E-state index in [-0.39, 0.29) is 51.0 Å². The topological polar surface area (TPSA) is 66.5 Å². The van der Waals surface area contributed by atoms with E-state index in [4.69, 9.17) is 0 Å². The van der Waals surface area contributed by atoms with Crippen LogP contribution in [0.2, 0.25) is 0 Å². The number of nitrogens with zero attached hydrogens (tertiary/aromatic N) is 1. The Morgan fingerprint density at radius 2 is 1.45 bits per heavy atom. The molecule has 1 aliphatic heterocycles. The fourth-order valence-electron chi connectivity index (χ4n) is 6.03. The van der Waals surface area contributed by atoms with Gasteiger partial charge in [0.2, 0.25) is 11.8 Å². The molecule has 33 heavy (non-hydrogen) atoms. The molecule has 2 aliphatic carbocycles. The van der Waals surface area contributed by atoms with E-state index in [1.165, 1.54) is 4.90 Å². The SMILES string of the molecule is CCc1cccc(CC)c1NC(=O)c1ccccc1N1C(=O)[C@@H]2[C@H]3C[C@@H]([C@H](Br)[C@@H]3Br)[C@@H]2C1=O. The molecule has 5 rings (SSSR count). The molecule has 5 nitrogen and oxygen atoms in total. The molecule has 1 heterocycles. The van der Waals surface area contributed by atoms with Crippen molar-refractivity contribution in [1.82, 2.24) is 0 Å². The summed E-state index contributed by atoms with van der Waals surface area (Å²) in [4.78, 5) is 42.1. The van der Waals surface area contributed by atoms with Crippen LogP contribution in [0, 0.1) is 23.7 Å². The minimum Gasteiger partial charge on any atom is -0.321 e.